The number of pyridine rings is 2. The smallest absolute Gasteiger partial charge is 0.161 e. The molecule has 0 aliphatic carbocycles. The SMILES string of the molecule is Cc1ccc2c(Nc3cc(COc4cccc(Br)c4)ccc3Sc3ccc(O)cc3)ccnc2n1. The quantitative estimate of drug-likeness (QED) is 0.217. The van der Waals surface area contributed by atoms with Gasteiger partial charge in [0.25, 0.3) is 0 Å². The van der Waals surface area contributed by atoms with Crippen LogP contribution in [0.3, 0.4) is 0 Å². The van der Waals surface area contributed by atoms with Crippen LogP contribution in [0.4, 0.5) is 11.4 Å². The van der Waals surface area contributed by atoms with Crippen LogP contribution in [0.1, 0.15) is 11.3 Å². The molecule has 2 N–H and O–H groups in total. The zero-order valence-electron chi connectivity index (χ0n) is 18.9. The Labute approximate surface area is 216 Å². The van der Waals surface area contributed by atoms with Crippen molar-refractivity contribution in [3.63, 3.8) is 0 Å². The van der Waals surface area contributed by atoms with Gasteiger partial charge in [-0.05, 0) is 85.3 Å². The maximum absolute atomic E-state index is 9.65. The van der Waals surface area contributed by atoms with Crippen molar-refractivity contribution in [1.29, 1.82) is 0 Å². The van der Waals surface area contributed by atoms with E-state index >= 15 is 0 Å². The second-order valence-electron chi connectivity index (χ2n) is 7.98. The summed E-state index contributed by atoms with van der Waals surface area (Å²) in [5, 5.41) is 14.2. The second kappa shape index (κ2) is 10.4. The summed E-state index contributed by atoms with van der Waals surface area (Å²) in [5.41, 5.74) is 4.55. The van der Waals surface area contributed by atoms with E-state index in [0.29, 0.717) is 12.3 Å². The molecule has 5 aromatic rings. The predicted molar refractivity (Wildman–Crippen MR) is 145 cm³/mol. The number of hydrogen-bond donors (Lipinski definition) is 2. The zero-order valence-corrected chi connectivity index (χ0v) is 21.3. The maximum atomic E-state index is 9.65. The highest BCUT2D eigenvalue weighted by molar-refractivity contribution is 9.10. The molecule has 35 heavy (non-hydrogen) atoms. The Morgan fingerprint density at radius 2 is 1.80 bits per heavy atom. The van der Waals surface area contributed by atoms with Crippen molar-refractivity contribution in [2.24, 2.45) is 0 Å². The van der Waals surface area contributed by atoms with Gasteiger partial charge in [-0.25, -0.2) is 9.97 Å². The van der Waals surface area contributed by atoms with Gasteiger partial charge >= 0.3 is 0 Å². The normalized spacial score (nSPS) is 10.9. The van der Waals surface area contributed by atoms with Gasteiger partial charge in [0.2, 0.25) is 0 Å². The Balaban J connectivity index is 1.48. The number of hydrogen-bond acceptors (Lipinski definition) is 6. The minimum absolute atomic E-state index is 0.249. The summed E-state index contributed by atoms with van der Waals surface area (Å²) in [4.78, 5) is 11.1. The van der Waals surface area contributed by atoms with Crippen LogP contribution in [0.15, 0.2) is 105 Å². The fraction of sp³-hybridized carbons (Fsp3) is 0.0714. The van der Waals surface area contributed by atoms with Crippen LogP contribution in [0.25, 0.3) is 11.0 Å². The lowest BCUT2D eigenvalue weighted by atomic mass is 10.2. The van der Waals surface area contributed by atoms with Crippen molar-refractivity contribution in [2.75, 3.05) is 5.32 Å². The second-order valence-corrected chi connectivity index (χ2v) is 10.0. The van der Waals surface area contributed by atoms with Crippen molar-refractivity contribution in [3.05, 3.63) is 107 Å². The molecule has 0 amide bonds. The van der Waals surface area contributed by atoms with Crippen molar-refractivity contribution >= 4 is 50.1 Å². The van der Waals surface area contributed by atoms with E-state index in [1.165, 1.54) is 0 Å². The number of nitrogens with one attached hydrogen (secondary N) is 1. The van der Waals surface area contributed by atoms with Gasteiger partial charge in [-0.15, -0.1) is 0 Å². The number of ether oxygens (including phenoxy) is 1. The lowest BCUT2D eigenvalue weighted by Crippen LogP contribution is -2.00. The van der Waals surface area contributed by atoms with Crippen LogP contribution >= 0.6 is 27.7 Å². The summed E-state index contributed by atoms with van der Waals surface area (Å²) in [5.74, 6) is 1.05. The molecule has 2 heterocycles. The van der Waals surface area contributed by atoms with Crippen molar-refractivity contribution in [3.8, 4) is 11.5 Å². The number of aromatic hydroxyl groups is 1. The molecule has 0 saturated heterocycles. The first kappa shape index (κ1) is 23.2. The maximum Gasteiger partial charge on any atom is 0.161 e. The minimum Gasteiger partial charge on any atom is -0.508 e. The number of fused-ring (bicyclic) bond motifs is 1. The highest BCUT2D eigenvalue weighted by atomic mass is 79.9. The van der Waals surface area contributed by atoms with Crippen LogP contribution in [-0.4, -0.2) is 15.1 Å². The summed E-state index contributed by atoms with van der Waals surface area (Å²) in [6.07, 6.45) is 1.77. The van der Waals surface area contributed by atoms with Gasteiger partial charge in [-0.2, -0.15) is 0 Å². The average Bonchev–Trinajstić information content (AvgIpc) is 2.85. The number of anilines is 2. The third kappa shape index (κ3) is 5.75. The van der Waals surface area contributed by atoms with Crippen molar-refractivity contribution in [1.82, 2.24) is 9.97 Å². The molecular weight excluding hydrogens is 522 g/mol. The van der Waals surface area contributed by atoms with E-state index in [0.717, 1.165) is 48.0 Å². The standard InChI is InChI=1S/C28H22BrN3O2S/c1-18-5-11-24-25(13-14-30-28(24)31-18)32-26-15-19(17-34-22-4-2-3-20(29)16-22)6-12-27(26)35-23-9-7-21(33)8-10-23/h2-16,33H,17H2,1H3,(H,30,31,32). The third-order valence-electron chi connectivity index (χ3n) is 5.32. The van der Waals surface area contributed by atoms with E-state index < -0.39 is 0 Å². The first-order valence-corrected chi connectivity index (χ1v) is 12.6. The summed E-state index contributed by atoms with van der Waals surface area (Å²) in [7, 11) is 0. The Morgan fingerprint density at radius 1 is 0.943 bits per heavy atom. The number of nitrogens with zero attached hydrogens (tertiary/aromatic N) is 2. The van der Waals surface area contributed by atoms with E-state index in [9.17, 15) is 5.11 Å². The molecular formula is C28H22BrN3O2S. The Kier molecular flexibility index (Phi) is 6.88. The molecule has 0 aliphatic heterocycles. The van der Waals surface area contributed by atoms with Crippen LogP contribution in [0.2, 0.25) is 0 Å². The lowest BCUT2D eigenvalue weighted by molar-refractivity contribution is 0.306. The van der Waals surface area contributed by atoms with E-state index in [1.807, 2.05) is 61.5 Å². The average molecular weight is 544 g/mol. The number of benzene rings is 3. The Morgan fingerprint density at radius 3 is 2.63 bits per heavy atom. The summed E-state index contributed by atoms with van der Waals surface area (Å²) >= 11 is 5.11. The lowest BCUT2D eigenvalue weighted by Gasteiger charge is -2.16. The number of aryl methyl sites for hydroxylation is 1. The molecule has 5 nitrogen and oxygen atoms in total. The van der Waals surface area contributed by atoms with Gasteiger partial charge in [0.05, 0.1) is 11.4 Å². The van der Waals surface area contributed by atoms with Crippen molar-refractivity contribution in [2.45, 2.75) is 23.3 Å². The topological polar surface area (TPSA) is 67.3 Å². The Bertz CT molecular complexity index is 1490. The Hall–Kier alpha value is -3.55. The molecule has 0 unspecified atom stereocenters. The van der Waals surface area contributed by atoms with E-state index in [2.05, 4.69) is 49.4 Å². The molecule has 3 aromatic carbocycles. The van der Waals surface area contributed by atoms with Gasteiger partial charge in [-0.1, -0.05) is 39.8 Å². The molecule has 0 saturated carbocycles. The molecule has 0 radical (unpaired) electrons. The number of phenolic OH excluding ortho intramolecular Hbond substituents is 1. The van der Waals surface area contributed by atoms with E-state index in [1.54, 1.807) is 30.1 Å². The summed E-state index contributed by atoms with van der Waals surface area (Å²) < 4.78 is 7.00. The molecule has 0 aliphatic rings. The van der Waals surface area contributed by atoms with Crippen LogP contribution in [0.5, 0.6) is 11.5 Å². The number of phenols is 1. The van der Waals surface area contributed by atoms with Gasteiger partial charge in [-0.3, -0.25) is 0 Å². The van der Waals surface area contributed by atoms with E-state index in [4.69, 9.17) is 4.74 Å². The van der Waals surface area contributed by atoms with Crippen LogP contribution in [0, 0.1) is 6.92 Å². The first-order chi connectivity index (χ1) is 17.0. The van der Waals surface area contributed by atoms with E-state index in [-0.39, 0.29) is 5.75 Å². The first-order valence-electron chi connectivity index (χ1n) is 11.0. The molecule has 0 fully saturated rings. The number of aromatic nitrogens is 2. The van der Waals surface area contributed by atoms with Gasteiger partial charge in [0.1, 0.15) is 18.1 Å². The monoisotopic (exact) mass is 543 g/mol. The number of rotatable bonds is 7. The highest BCUT2D eigenvalue weighted by Gasteiger charge is 2.11. The number of halogens is 1. The van der Waals surface area contributed by atoms with Crippen LogP contribution in [-0.2, 0) is 6.61 Å². The van der Waals surface area contributed by atoms with Gasteiger partial charge in [0.15, 0.2) is 5.65 Å². The van der Waals surface area contributed by atoms with Gasteiger partial charge < -0.3 is 15.2 Å². The zero-order chi connectivity index (χ0) is 24.2. The minimum atomic E-state index is 0.249. The molecule has 174 valence electrons. The largest absolute Gasteiger partial charge is 0.508 e. The molecule has 0 spiro atoms. The summed E-state index contributed by atoms with van der Waals surface area (Å²) in [6.45, 7) is 2.40. The fourth-order valence-electron chi connectivity index (χ4n) is 3.60. The molecule has 2 aromatic heterocycles. The molecule has 7 heteroatoms. The third-order valence-corrected chi connectivity index (χ3v) is 6.90. The molecule has 5 rings (SSSR count). The van der Waals surface area contributed by atoms with Crippen molar-refractivity contribution < 1.29 is 9.84 Å². The highest BCUT2D eigenvalue weighted by Crippen LogP contribution is 2.37. The molecule has 0 atom stereocenters. The van der Waals surface area contributed by atoms with Gasteiger partial charge in [0, 0.05) is 31.5 Å². The fourth-order valence-corrected chi connectivity index (χ4v) is 4.86. The van der Waals surface area contributed by atoms with Crippen LogP contribution < -0.4 is 10.1 Å². The summed E-state index contributed by atoms with van der Waals surface area (Å²) in [6, 6.07) is 27.3. The molecule has 0 bridgehead atoms. The predicted octanol–water partition coefficient (Wildman–Crippen LogP) is 7.88.